The number of hydrogen-bond acceptors (Lipinski definition) is 2. The number of thioether (sulfide) groups is 1. The van der Waals surface area contributed by atoms with Crippen LogP contribution in [0.4, 0.5) is 17.6 Å². The molecule has 1 nitrogen and oxygen atoms in total. The van der Waals surface area contributed by atoms with Crippen molar-refractivity contribution in [2.24, 2.45) is 0 Å². The van der Waals surface area contributed by atoms with Gasteiger partial charge in [0.1, 0.15) is 11.6 Å². The van der Waals surface area contributed by atoms with Crippen LogP contribution >= 0.6 is 11.8 Å². The van der Waals surface area contributed by atoms with Gasteiger partial charge in [-0.2, -0.15) is 8.78 Å². The summed E-state index contributed by atoms with van der Waals surface area (Å²) in [6.07, 6.45) is 1.04. The smallest absolute Gasteiger partial charge is 0.286 e. The SMILES string of the molecule is CSC(F)(F)C(=O)c1cc(F)cc(F)c1. The van der Waals surface area contributed by atoms with E-state index >= 15 is 0 Å². The van der Waals surface area contributed by atoms with Crippen LogP contribution in [-0.2, 0) is 0 Å². The molecule has 0 amide bonds. The average Bonchev–Trinajstić information content (AvgIpc) is 2.15. The first-order valence-corrected chi connectivity index (χ1v) is 5.03. The molecule has 0 N–H and O–H groups in total. The van der Waals surface area contributed by atoms with E-state index in [0.717, 1.165) is 6.26 Å². The number of carbonyl (C=O) groups is 1. The second-order valence-electron chi connectivity index (χ2n) is 2.71. The van der Waals surface area contributed by atoms with Crippen molar-refractivity contribution < 1.29 is 22.4 Å². The van der Waals surface area contributed by atoms with Gasteiger partial charge in [0.05, 0.1) is 0 Å². The normalized spacial score (nSPS) is 11.5. The summed E-state index contributed by atoms with van der Waals surface area (Å²) in [5, 5.41) is -3.67. The topological polar surface area (TPSA) is 17.1 Å². The Hall–Kier alpha value is -1.04. The zero-order chi connectivity index (χ0) is 11.6. The zero-order valence-corrected chi connectivity index (χ0v) is 8.38. The first-order chi connectivity index (χ1) is 6.86. The van der Waals surface area contributed by atoms with Crippen molar-refractivity contribution in [3.63, 3.8) is 0 Å². The zero-order valence-electron chi connectivity index (χ0n) is 7.56. The molecule has 1 rings (SSSR count). The Balaban J connectivity index is 3.12. The fourth-order valence-electron chi connectivity index (χ4n) is 0.946. The van der Waals surface area contributed by atoms with Crippen LogP contribution in [0.5, 0.6) is 0 Å². The molecule has 0 spiro atoms. The Kier molecular flexibility index (Phi) is 3.38. The van der Waals surface area contributed by atoms with Gasteiger partial charge in [0.2, 0.25) is 5.78 Å². The summed E-state index contributed by atoms with van der Waals surface area (Å²) in [6.45, 7) is 0. The van der Waals surface area contributed by atoms with Gasteiger partial charge in [-0.1, -0.05) is 11.8 Å². The summed E-state index contributed by atoms with van der Waals surface area (Å²) in [6, 6.07) is 1.67. The number of rotatable bonds is 3. The molecule has 0 heterocycles. The molecular formula is C9H6F4OS. The molecule has 1 aromatic rings. The Morgan fingerprint density at radius 1 is 1.20 bits per heavy atom. The predicted molar refractivity (Wildman–Crippen MR) is 49.2 cm³/mol. The van der Waals surface area contributed by atoms with E-state index in [0.29, 0.717) is 18.2 Å². The highest BCUT2D eigenvalue weighted by atomic mass is 32.2. The van der Waals surface area contributed by atoms with Gasteiger partial charge in [-0.25, -0.2) is 8.78 Å². The number of Topliss-reactive ketones (excluding diaryl/α,β-unsaturated/α-hetero) is 1. The molecule has 0 bridgehead atoms. The highest BCUT2D eigenvalue weighted by Gasteiger charge is 2.38. The number of benzene rings is 1. The van der Waals surface area contributed by atoms with E-state index in [9.17, 15) is 22.4 Å². The number of carbonyl (C=O) groups excluding carboxylic acids is 1. The van der Waals surface area contributed by atoms with Crippen molar-refractivity contribution in [3.05, 3.63) is 35.4 Å². The van der Waals surface area contributed by atoms with Gasteiger partial charge in [0.15, 0.2) is 0 Å². The van der Waals surface area contributed by atoms with Gasteiger partial charge in [-0.05, 0) is 18.4 Å². The van der Waals surface area contributed by atoms with Crippen LogP contribution in [0.25, 0.3) is 0 Å². The van der Waals surface area contributed by atoms with Gasteiger partial charge >= 0.3 is 5.25 Å². The molecule has 0 aliphatic carbocycles. The first kappa shape index (κ1) is 12.0. The van der Waals surface area contributed by atoms with E-state index in [4.69, 9.17) is 0 Å². The van der Waals surface area contributed by atoms with Crippen LogP contribution in [0.1, 0.15) is 10.4 Å². The molecule has 15 heavy (non-hydrogen) atoms. The fraction of sp³-hybridized carbons (Fsp3) is 0.222. The lowest BCUT2D eigenvalue weighted by Crippen LogP contribution is -2.24. The number of halogens is 4. The van der Waals surface area contributed by atoms with Crippen molar-refractivity contribution in [1.29, 1.82) is 0 Å². The van der Waals surface area contributed by atoms with Crippen LogP contribution in [0.3, 0.4) is 0 Å². The third kappa shape index (κ3) is 2.71. The molecular weight excluding hydrogens is 232 g/mol. The molecule has 6 heteroatoms. The second kappa shape index (κ2) is 4.22. The molecule has 0 unspecified atom stereocenters. The van der Waals surface area contributed by atoms with E-state index in [2.05, 4.69) is 0 Å². The van der Waals surface area contributed by atoms with Crippen LogP contribution in [0, 0.1) is 11.6 Å². The Bertz CT molecular complexity index is 371. The van der Waals surface area contributed by atoms with Crippen molar-refractivity contribution in [2.45, 2.75) is 5.25 Å². The summed E-state index contributed by atoms with van der Waals surface area (Å²) in [4.78, 5) is 11.1. The molecule has 0 aromatic heterocycles. The molecule has 0 radical (unpaired) electrons. The third-order valence-electron chi connectivity index (χ3n) is 1.65. The van der Waals surface area contributed by atoms with E-state index < -0.39 is 28.2 Å². The lowest BCUT2D eigenvalue weighted by molar-refractivity contribution is 0.0567. The summed E-state index contributed by atoms with van der Waals surface area (Å²) >= 11 is 0.0140. The summed E-state index contributed by atoms with van der Waals surface area (Å²) in [5.41, 5.74) is -0.674. The molecule has 82 valence electrons. The molecule has 0 saturated carbocycles. The van der Waals surface area contributed by atoms with Crippen LogP contribution in [-0.4, -0.2) is 17.3 Å². The van der Waals surface area contributed by atoms with Crippen LogP contribution in [0.2, 0.25) is 0 Å². The van der Waals surface area contributed by atoms with Gasteiger partial charge in [-0.3, -0.25) is 4.79 Å². The van der Waals surface area contributed by atoms with Crippen molar-refractivity contribution in [1.82, 2.24) is 0 Å². The number of ketones is 1. The quantitative estimate of drug-likeness (QED) is 0.594. The minimum absolute atomic E-state index is 0.0140. The van der Waals surface area contributed by atoms with Crippen molar-refractivity contribution in [2.75, 3.05) is 6.26 Å². The summed E-state index contributed by atoms with van der Waals surface area (Å²) in [5.74, 6) is -3.72. The molecule has 0 aliphatic rings. The average molecular weight is 238 g/mol. The van der Waals surface area contributed by atoms with Crippen LogP contribution < -0.4 is 0 Å². The van der Waals surface area contributed by atoms with Crippen LogP contribution in [0.15, 0.2) is 18.2 Å². The maximum Gasteiger partial charge on any atom is 0.355 e. The van der Waals surface area contributed by atoms with Crippen molar-refractivity contribution in [3.8, 4) is 0 Å². The molecule has 0 atom stereocenters. The highest BCUT2D eigenvalue weighted by molar-refractivity contribution is 8.00. The largest absolute Gasteiger partial charge is 0.355 e. The van der Waals surface area contributed by atoms with Gasteiger partial charge in [0, 0.05) is 11.6 Å². The maximum atomic E-state index is 12.9. The molecule has 1 aromatic carbocycles. The lowest BCUT2D eigenvalue weighted by atomic mass is 10.1. The van der Waals surface area contributed by atoms with Gasteiger partial charge < -0.3 is 0 Å². The van der Waals surface area contributed by atoms with E-state index in [1.807, 2.05) is 0 Å². The highest BCUT2D eigenvalue weighted by Crippen LogP contribution is 2.30. The summed E-state index contributed by atoms with van der Waals surface area (Å²) < 4.78 is 51.0. The maximum absolute atomic E-state index is 12.9. The molecule has 0 aliphatic heterocycles. The molecule has 0 fully saturated rings. The standard InChI is InChI=1S/C9H6F4OS/c1-15-9(12,13)8(14)5-2-6(10)4-7(11)3-5/h2-4H,1H3. The van der Waals surface area contributed by atoms with Gasteiger partial charge in [-0.15, -0.1) is 0 Å². The Morgan fingerprint density at radius 3 is 2.07 bits per heavy atom. The fourth-order valence-corrected chi connectivity index (χ4v) is 1.25. The third-order valence-corrected chi connectivity index (χ3v) is 2.34. The van der Waals surface area contributed by atoms with Crippen molar-refractivity contribution >= 4 is 17.5 Å². The predicted octanol–water partition coefficient (Wildman–Crippen LogP) is 3.10. The minimum Gasteiger partial charge on any atom is -0.286 e. The first-order valence-electron chi connectivity index (χ1n) is 3.80. The lowest BCUT2D eigenvalue weighted by Gasteiger charge is -2.11. The van der Waals surface area contributed by atoms with Gasteiger partial charge in [0.25, 0.3) is 0 Å². The minimum atomic E-state index is -3.67. The Morgan fingerprint density at radius 2 is 1.67 bits per heavy atom. The van der Waals surface area contributed by atoms with E-state index in [1.54, 1.807) is 0 Å². The molecule has 0 saturated heterocycles. The van der Waals surface area contributed by atoms with E-state index in [-0.39, 0.29) is 11.8 Å². The number of alkyl halides is 2. The second-order valence-corrected chi connectivity index (χ2v) is 3.63. The number of hydrogen-bond donors (Lipinski definition) is 0. The Labute approximate surface area is 87.5 Å². The monoisotopic (exact) mass is 238 g/mol. The summed E-state index contributed by atoms with van der Waals surface area (Å²) in [7, 11) is 0. The van der Waals surface area contributed by atoms with E-state index in [1.165, 1.54) is 0 Å².